The van der Waals surface area contributed by atoms with Crippen molar-refractivity contribution in [1.29, 1.82) is 0 Å². The molecule has 2 amide bonds. The van der Waals surface area contributed by atoms with Gasteiger partial charge in [0.15, 0.2) is 28.6 Å². The summed E-state index contributed by atoms with van der Waals surface area (Å²) in [5.74, 6) is -6.67. The fourth-order valence-electron chi connectivity index (χ4n) is 4.67. The van der Waals surface area contributed by atoms with Gasteiger partial charge >= 0.3 is 0 Å². The van der Waals surface area contributed by atoms with Crippen molar-refractivity contribution in [3.63, 3.8) is 0 Å². The van der Waals surface area contributed by atoms with Crippen molar-refractivity contribution in [3.8, 4) is 0 Å². The van der Waals surface area contributed by atoms with Gasteiger partial charge in [0, 0.05) is 30.7 Å². The quantitative estimate of drug-likeness (QED) is 0.0318. The zero-order valence-corrected chi connectivity index (χ0v) is 33.2. The number of aliphatic carboxylic acids is 1. The van der Waals surface area contributed by atoms with Crippen LogP contribution in [-0.4, -0.2) is 115 Å². The number of aromatic nitrogens is 4. The maximum absolute atomic E-state index is 12.5. The number of nitrogens with one attached hydrogen (secondary N) is 2. The first-order valence-corrected chi connectivity index (χ1v) is 21.4. The molecule has 0 bridgehead atoms. The molecule has 3 unspecified atom stereocenters. The van der Waals surface area contributed by atoms with Gasteiger partial charge in [-0.15, -0.1) is 0 Å². The Morgan fingerprint density at radius 2 is 1.70 bits per heavy atom. The number of nitrogens with zero attached hydrogens (tertiary/aromatic N) is 4. The van der Waals surface area contributed by atoms with Crippen LogP contribution in [0.3, 0.4) is 0 Å². The molecule has 0 spiro atoms. The molecule has 320 valence electrons. The summed E-state index contributed by atoms with van der Waals surface area (Å²) in [7, 11) is -17.7. The number of thioether (sulfide) groups is 1. The van der Waals surface area contributed by atoms with Crippen molar-refractivity contribution < 1.29 is 95.2 Å². The molecule has 8 atom stereocenters. The number of imidazole rings is 1. The molecule has 3 heterocycles. The van der Waals surface area contributed by atoms with Gasteiger partial charge in [0.25, 0.3) is 15.6 Å². The normalized spacial score (nSPS) is 21.9. The summed E-state index contributed by atoms with van der Waals surface area (Å²) in [6.45, 7) is 0.619. The largest absolute Gasteiger partial charge is 0.790 e. The van der Waals surface area contributed by atoms with E-state index < -0.39 is 107 Å². The number of nitrogen functional groups attached to an aromatic ring is 1. The number of ether oxygens (including phenoxy) is 1. The van der Waals surface area contributed by atoms with Crippen LogP contribution in [0, 0.1) is 11.3 Å². The molecule has 1 fully saturated rings. The van der Waals surface area contributed by atoms with Crippen molar-refractivity contribution in [2.75, 3.05) is 37.8 Å². The number of anilines is 1. The Morgan fingerprint density at radius 1 is 1.05 bits per heavy atom. The number of carboxylic acid groups (broad SMARTS) is 1. The predicted molar refractivity (Wildman–Crippen MR) is 177 cm³/mol. The average Bonchev–Trinajstić information content (AvgIpc) is 3.67. The van der Waals surface area contributed by atoms with Gasteiger partial charge in [0.2, 0.25) is 11.8 Å². The van der Waals surface area contributed by atoms with Crippen LogP contribution in [0.2, 0.25) is 0 Å². The number of carbonyl (C=O) groups is 5. The first-order valence-electron chi connectivity index (χ1n) is 16.0. The van der Waals surface area contributed by atoms with Gasteiger partial charge in [-0.25, -0.2) is 19.3 Å². The molecule has 57 heavy (non-hydrogen) atoms. The number of aliphatic hydroxyl groups excluding tert-OH is 2. The lowest BCUT2D eigenvalue weighted by atomic mass is 9.87. The lowest BCUT2D eigenvalue weighted by Gasteiger charge is -2.36. The summed E-state index contributed by atoms with van der Waals surface area (Å²) in [6.07, 6.45) is -7.93. The van der Waals surface area contributed by atoms with E-state index in [2.05, 4.69) is 43.5 Å². The van der Waals surface area contributed by atoms with E-state index in [0.29, 0.717) is 11.8 Å². The molecule has 6 N–H and O–H groups in total. The minimum absolute atomic E-state index is 0.0162. The first kappa shape index (κ1) is 48.1. The first-order chi connectivity index (χ1) is 26.2. The van der Waals surface area contributed by atoms with Crippen molar-refractivity contribution in [2.45, 2.75) is 57.8 Å². The van der Waals surface area contributed by atoms with Crippen LogP contribution >= 0.6 is 35.2 Å². The van der Waals surface area contributed by atoms with E-state index in [0.717, 1.165) is 38.0 Å². The lowest BCUT2D eigenvalue weighted by molar-refractivity contribution is -0.347. The average molecular weight is 891 g/mol. The zero-order valence-electron chi connectivity index (χ0n) is 29.7. The number of hydrogen-bond acceptors (Lipinski definition) is 25. The van der Waals surface area contributed by atoms with Gasteiger partial charge in [0.1, 0.15) is 42.2 Å². The Balaban J connectivity index is 1.48. The molecule has 0 aliphatic carbocycles. The maximum Gasteiger partial charge on any atom is 0.274 e. The summed E-state index contributed by atoms with van der Waals surface area (Å²) in [5.41, 5.74) is 3.95. The standard InChI is InChI=1S/C26H40N7O20P3S/c1-12(16(35)24(39)40)25(41)57-7-6-28-14(34)4-5-29-22(38)19(37)26(2,3)9-50-56(47,48)53-55(45,46)49-8-13-18(52-54(42,43)44)17(36)23(51-13)33-11-32-15-20(27)30-10-31-21(15)33/h10-13,17-19,23,36-37H,4-9H2,1-3H3,(H,28,34)(H,29,38)(H,39,40)(H,45,46)(H,47,48)(H2,27,30,31)(H2,42,43,44)/p-5/t12?,13-,17-,18-,19+,23+/m1/s1. The Bertz CT molecular complexity index is 1960. The smallest absolute Gasteiger partial charge is 0.274 e. The van der Waals surface area contributed by atoms with E-state index in [1.165, 1.54) is 0 Å². The van der Waals surface area contributed by atoms with Crippen LogP contribution in [-0.2, 0) is 60.3 Å². The number of ketones is 1. The predicted octanol–water partition coefficient (Wildman–Crippen LogP) is -5.91. The highest BCUT2D eigenvalue weighted by atomic mass is 32.2. The summed E-state index contributed by atoms with van der Waals surface area (Å²) in [5, 5.41) is 35.7. The number of amides is 2. The van der Waals surface area contributed by atoms with Gasteiger partial charge in [-0.2, -0.15) is 0 Å². The minimum Gasteiger partial charge on any atom is -0.790 e. The van der Waals surface area contributed by atoms with Crippen LogP contribution in [0.15, 0.2) is 12.7 Å². The molecule has 31 heteroatoms. The van der Waals surface area contributed by atoms with Crippen LogP contribution in [0.4, 0.5) is 5.82 Å². The number of nitrogens with two attached hydrogens (primary N) is 1. The van der Waals surface area contributed by atoms with E-state index in [1.807, 2.05) is 0 Å². The molecular formula is C26H35N7O20P3S-5. The summed E-state index contributed by atoms with van der Waals surface area (Å²) >= 11 is 0.600. The van der Waals surface area contributed by atoms with Crippen molar-refractivity contribution >= 4 is 80.9 Å². The van der Waals surface area contributed by atoms with E-state index in [1.54, 1.807) is 0 Å². The van der Waals surface area contributed by atoms with Gasteiger partial charge in [-0.05, 0) is 6.92 Å². The topological polar surface area (TPSA) is 432 Å². The second-order valence-corrected chi connectivity index (χ2v) is 17.7. The lowest BCUT2D eigenvalue weighted by Crippen LogP contribution is -2.46. The van der Waals surface area contributed by atoms with Gasteiger partial charge in [0.05, 0.1) is 33.3 Å². The monoisotopic (exact) mass is 890 g/mol. The number of hydrogen-bond donors (Lipinski definition) is 5. The third kappa shape index (κ3) is 13.9. The fourth-order valence-corrected chi connectivity index (χ4v) is 8.17. The Hall–Kier alpha value is -3.30. The van der Waals surface area contributed by atoms with Crippen LogP contribution in [0.1, 0.15) is 33.4 Å². The maximum atomic E-state index is 12.5. The number of Topliss-reactive ketones (excluding diaryl/α,β-unsaturated/α-hetero) is 1. The molecule has 1 aliphatic rings. The number of carboxylic acids is 1. The second-order valence-electron chi connectivity index (χ2n) is 12.5. The molecule has 0 aromatic carbocycles. The van der Waals surface area contributed by atoms with Gasteiger partial charge in [-0.1, -0.05) is 25.6 Å². The SMILES string of the molecule is CC(C(=O)SCCNC(=O)CCNC(=O)[C@H](O)C(C)(C)COP(=O)([O-])OP(=O)([O-])OC[C@H]1O[C@H](n2cnc3c(N)ncnc32)[C@H](O)[C@@H]1OP(=O)([O-])[O-])C(=O)C(=O)[O-]. The zero-order chi connectivity index (χ0) is 43.1. The number of rotatable bonds is 22. The van der Waals surface area contributed by atoms with Crippen LogP contribution in [0.25, 0.3) is 11.2 Å². The molecule has 2 aromatic heterocycles. The van der Waals surface area contributed by atoms with Crippen LogP contribution < -0.4 is 41.0 Å². The van der Waals surface area contributed by atoms with E-state index in [4.69, 9.17) is 10.5 Å². The Morgan fingerprint density at radius 3 is 2.33 bits per heavy atom. The number of carbonyl (C=O) groups excluding carboxylic acids is 5. The molecule has 0 radical (unpaired) electrons. The fraction of sp³-hybridized carbons (Fsp3) is 0.615. The van der Waals surface area contributed by atoms with Crippen LogP contribution in [0.5, 0.6) is 0 Å². The highest BCUT2D eigenvalue weighted by molar-refractivity contribution is 8.13. The Kier molecular flexibility index (Phi) is 16.6. The number of phosphoric acid groups is 3. The highest BCUT2D eigenvalue weighted by Crippen LogP contribution is 2.56. The molecule has 3 rings (SSSR count). The Labute approximate surface area is 325 Å². The van der Waals surface area contributed by atoms with Crippen molar-refractivity contribution in [1.82, 2.24) is 30.2 Å². The number of aliphatic hydroxyl groups is 2. The third-order valence-corrected chi connectivity index (χ3v) is 11.7. The summed E-state index contributed by atoms with van der Waals surface area (Å²) in [4.78, 5) is 118. The molecule has 2 aromatic rings. The minimum atomic E-state index is -5.95. The summed E-state index contributed by atoms with van der Waals surface area (Å²) in [6, 6.07) is 0. The molecule has 1 saturated heterocycles. The van der Waals surface area contributed by atoms with E-state index in [-0.39, 0.29) is 42.2 Å². The van der Waals surface area contributed by atoms with Crippen molar-refractivity contribution in [2.24, 2.45) is 11.3 Å². The molecular weight excluding hydrogens is 855 g/mol. The van der Waals surface area contributed by atoms with Crippen molar-refractivity contribution in [3.05, 3.63) is 12.7 Å². The van der Waals surface area contributed by atoms with E-state index >= 15 is 0 Å². The third-order valence-electron chi connectivity index (χ3n) is 7.67. The number of phosphoric ester groups is 3. The highest BCUT2D eigenvalue weighted by Gasteiger charge is 2.47. The molecule has 1 aliphatic heterocycles. The van der Waals surface area contributed by atoms with Gasteiger partial charge in [-0.3, -0.25) is 32.9 Å². The molecule has 0 saturated carbocycles. The summed E-state index contributed by atoms with van der Waals surface area (Å²) < 4.78 is 60.3. The number of fused-ring (bicyclic) bond motifs is 1. The molecule has 27 nitrogen and oxygen atoms in total. The van der Waals surface area contributed by atoms with E-state index in [9.17, 15) is 72.6 Å². The second kappa shape index (κ2) is 19.6. The van der Waals surface area contributed by atoms with Gasteiger partial charge < -0.3 is 78.9 Å².